The van der Waals surface area contributed by atoms with E-state index >= 15 is 0 Å². The van der Waals surface area contributed by atoms with Gasteiger partial charge in [-0.25, -0.2) is 0 Å². The molecule has 0 radical (unpaired) electrons. The van der Waals surface area contributed by atoms with Crippen molar-refractivity contribution in [3.8, 4) is 0 Å². The summed E-state index contributed by atoms with van der Waals surface area (Å²) in [6.07, 6.45) is 0.963. The van der Waals surface area contributed by atoms with Gasteiger partial charge < -0.3 is 34.8 Å². The first-order chi connectivity index (χ1) is 5.95. The van der Waals surface area contributed by atoms with Crippen LogP contribution < -0.4 is 0 Å². The fraction of sp³-hybridized carbons (Fsp3) is 0.750. The molecule has 0 rings (SSSR count). The van der Waals surface area contributed by atoms with E-state index in [1.807, 2.05) is 0 Å². The Morgan fingerprint density at radius 2 is 1.08 bits per heavy atom. The van der Waals surface area contributed by atoms with Crippen LogP contribution in [0, 0.1) is 0 Å². The Kier molecular flexibility index (Phi) is 27.1. The molecule has 0 amide bonds. The molecule has 0 unspecified atom stereocenters. The first kappa shape index (κ1) is 19.2. The van der Waals surface area contributed by atoms with E-state index in [-0.39, 0.29) is 31.4 Å². The van der Waals surface area contributed by atoms with Crippen molar-refractivity contribution in [2.45, 2.75) is 36.6 Å². The van der Waals surface area contributed by atoms with Crippen LogP contribution >= 0.6 is 0 Å². The van der Waals surface area contributed by atoms with Gasteiger partial charge in [0.1, 0.15) is 0 Å². The Bertz CT molecular complexity index is 115. The molecule has 0 aromatic heterocycles. The van der Waals surface area contributed by atoms with Gasteiger partial charge in [0.05, 0.1) is 0 Å². The molecule has 76 valence electrons. The van der Waals surface area contributed by atoms with Gasteiger partial charge in [0, 0.05) is 10.2 Å². The minimum atomic E-state index is -0.162. The molecule has 0 aromatic rings. The van der Waals surface area contributed by atoms with Gasteiger partial charge in [-0.2, -0.15) is 0 Å². The van der Waals surface area contributed by atoms with Crippen LogP contribution in [0.25, 0.3) is 0 Å². The zero-order valence-electron chi connectivity index (χ0n) is 8.55. The minimum absolute atomic E-state index is 0.162. The maximum atomic E-state index is 9.63. The molecule has 13 heavy (non-hydrogen) atoms. The van der Waals surface area contributed by atoms with Crippen LogP contribution in [0.15, 0.2) is 0 Å². The van der Waals surface area contributed by atoms with E-state index in [1.165, 1.54) is 0 Å². The van der Waals surface area contributed by atoms with Crippen LogP contribution in [0.3, 0.4) is 0 Å². The number of rotatable bonds is 2. The van der Waals surface area contributed by atoms with Crippen LogP contribution in [-0.4, -0.2) is 31.4 Å². The Labute approximate surface area is 102 Å². The summed E-state index contributed by atoms with van der Waals surface area (Å²) in [5.74, 6) is 0. The Balaban J connectivity index is -0.000000120. The second-order valence-electron chi connectivity index (χ2n) is 1.95. The quantitative estimate of drug-likeness (QED) is 0.571. The Morgan fingerprint density at radius 1 is 1.00 bits per heavy atom. The van der Waals surface area contributed by atoms with Crippen molar-refractivity contribution in [3.05, 3.63) is 0 Å². The molecular formula is C8H16O2S2Sn. The summed E-state index contributed by atoms with van der Waals surface area (Å²) in [5.41, 5.74) is 0. The van der Waals surface area contributed by atoms with Crippen molar-refractivity contribution in [3.63, 3.8) is 0 Å². The van der Waals surface area contributed by atoms with E-state index < -0.39 is 0 Å². The molecule has 0 aliphatic carbocycles. The molecule has 0 aromatic carbocycles. The summed E-state index contributed by atoms with van der Waals surface area (Å²) in [6, 6.07) is 0. The van der Waals surface area contributed by atoms with Gasteiger partial charge in [-0.05, 0) is 12.8 Å². The summed E-state index contributed by atoms with van der Waals surface area (Å²) < 4.78 is 0. The summed E-state index contributed by atoms with van der Waals surface area (Å²) >= 11 is 8.51. The van der Waals surface area contributed by atoms with Crippen molar-refractivity contribution >= 4 is 56.6 Å². The third kappa shape index (κ3) is 67.1. The number of hydrogen-bond acceptors (Lipinski definition) is 4. The molecule has 2 nitrogen and oxygen atoms in total. The molecule has 5 heteroatoms. The standard InChI is InChI=1S/2C3H6OS.2CH3.Sn/c2*1-2-3(4)5;;;/h2*2H2,1H3,(H,4,5);2*1H3;/q;;;;+2/p-2. The molecular weight excluding hydrogens is 311 g/mol. The molecule has 0 spiro atoms. The summed E-state index contributed by atoms with van der Waals surface area (Å²) in [5, 5.41) is -0.324. The third-order valence-corrected chi connectivity index (χ3v) is 1.15. The molecule has 0 fully saturated rings. The number of hydrogen-bond donors (Lipinski definition) is 0. The molecule has 0 bridgehead atoms. The number of carbonyl (C=O) groups is 2. The maximum absolute atomic E-state index is 9.63. The SMILES string of the molecule is CCC(=O)[S-].CCC(=O)[S-].[CH3][Sn+2][CH3]. The van der Waals surface area contributed by atoms with Crippen LogP contribution in [0.1, 0.15) is 26.7 Å². The van der Waals surface area contributed by atoms with Crippen molar-refractivity contribution in [2.24, 2.45) is 0 Å². The van der Waals surface area contributed by atoms with Gasteiger partial charge in [0.25, 0.3) is 0 Å². The molecule has 0 saturated carbocycles. The van der Waals surface area contributed by atoms with E-state index in [9.17, 15) is 9.59 Å². The van der Waals surface area contributed by atoms with Crippen molar-refractivity contribution in [1.29, 1.82) is 0 Å². The van der Waals surface area contributed by atoms with E-state index in [0.29, 0.717) is 12.8 Å². The summed E-state index contributed by atoms with van der Waals surface area (Å²) in [6.45, 7) is 3.49. The predicted octanol–water partition coefficient (Wildman–Crippen LogP) is 1.73. The fourth-order valence-corrected chi connectivity index (χ4v) is 0. The average Bonchev–Trinajstić information content (AvgIpc) is 2.07. The Morgan fingerprint density at radius 3 is 1.08 bits per heavy atom. The van der Waals surface area contributed by atoms with Gasteiger partial charge in [0.2, 0.25) is 0 Å². The fourth-order valence-electron chi connectivity index (χ4n) is 0. The molecule has 0 saturated heterocycles. The summed E-state index contributed by atoms with van der Waals surface area (Å²) in [7, 11) is 0. The molecule has 0 atom stereocenters. The topological polar surface area (TPSA) is 34.1 Å². The molecule has 0 N–H and O–H groups in total. The summed E-state index contributed by atoms with van der Waals surface area (Å²) in [4.78, 5) is 23.8. The molecule has 0 heterocycles. The van der Waals surface area contributed by atoms with E-state index in [4.69, 9.17) is 0 Å². The second kappa shape index (κ2) is 18.4. The monoisotopic (exact) mass is 328 g/mol. The van der Waals surface area contributed by atoms with Gasteiger partial charge in [-0.15, -0.1) is 0 Å². The van der Waals surface area contributed by atoms with Gasteiger partial charge in [-0.3, -0.25) is 0 Å². The second-order valence-corrected chi connectivity index (χ2v) is 5.72. The zero-order valence-corrected chi connectivity index (χ0v) is 13.0. The van der Waals surface area contributed by atoms with E-state index in [2.05, 4.69) is 35.1 Å². The van der Waals surface area contributed by atoms with E-state index in [0.717, 1.165) is 0 Å². The zero-order chi connectivity index (χ0) is 11.3. The van der Waals surface area contributed by atoms with Crippen LogP contribution in [-0.2, 0) is 34.8 Å². The van der Waals surface area contributed by atoms with Crippen molar-refractivity contribution in [1.82, 2.24) is 0 Å². The molecule has 0 aliphatic heterocycles. The predicted molar refractivity (Wildman–Crippen MR) is 62.8 cm³/mol. The normalized spacial score (nSPS) is 6.46. The first-order valence-corrected chi connectivity index (χ1v) is 10.5. The van der Waals surface area contributed by atoms with Crippen LogP contribution in [0.2, 0.25) is 9.88 Å². The van der Waals surface area contributed by atoms with Crippen molar-refractivity contribution in [2.75, 3.05) is 0 Å². The first-order valence-electron chi connectivity index (χ1n) is 3.94. The van der Waals surface area contributed by atoms with Crippen LogP contribution in [0.5, 0.6) is 0 Å². The third-order valence-electron chi connectivity index (χ3n) is 0.577. The average molecular weight is 327 g/mol. The van der Waals surface area contributed by atoms with E-state index in [1.54, 1.807) is 13.8 Å². The van der Waals surface area contributed by atoms with Crippen LogP contribution in [0.4, 0.5) is 0 Å². The van der Waals surface area contributed by atoms with Crippen molar-refractivity contribution < 1.29 is 9.59 Å². The Hall–Kier alpha value is 0.579. The van der Waals surface area contributed by atoms with Gasteiger partial charge >= 0.3 is 31.0 Å². The molecule has 0 aliphatic rings. The van der Waals surface area contributed by atoms with Gasteiger partial charge in [0.15, 0.2) is 0 Å². The number of carbonyl (C=O) groups excluding carboxylic acids is 2. The van der Waals surface area contributed by atoms with Gasteiger partial charge in [-0.1, -0.05) is 13.8 Å².